The molecule has 34 heavy (non-hydrogen) atoms. The molecule has 0 fully saturated rings. The first-order valence-corrected chi connectivity index (χ1v) is 10.9. The fourth-order valence-electron chi connectivity index (χ4n) is 3.73. The average molecular weight is 463 g/mol. The van der Waals surface area contributed by atoms with Gasteiger partial charge in [0.1, 0.15) is 0 Å². The quantitative estimate of drug-likeness (QED) is 0.305. The Morgan fingerprint density at radius 1 is 0.971 bits per heavy atom. The standard InChI is InChI=1S/C26H30N4O4/c1-17-7-6-8-22(13-17)30-18(2)14-21(19(30)3)16-28-29-26(32)25(31)27-12-11-20-9-10-23(33-4)24(15-20)34-5/h6-10,13-16H,11-12H2,1-5H3,(H,27,31)(H,29,32)/b28-16-. The van der Waals surface area contributed by atoms with Gasteiger partial charge in [-0.05, 0) is 68.7 Å². The van der Waals surface area contributed by atoms with Crippen LogP contribution in [0.25, 0.3) is 5.69 Å². The number of nitrogens with one attached hydrogen (secondary N) is 2. The van der Waals surface area contributed by atoms with E-state index in [9.17, 15) is 9.59 Å². The maximum absolute atomic E-state index is 12.1. The molecule has 1 aromatic heterocycles. The second kappa shape index (κ2) is 11.2. The minimum Gasteiger partial charge on any atom is -0.493 e. The number of hydrazone groups is 1. The molecule has 3 rings (SSSR count). The first-order chi connectivity index (χ1) is 16.3. The lowest BCUT2D eigenvalue weighted by atomic mass is 10.1. The summed E-state index contributed by atoms with van der Waals surface area (Å²) in [6.45, 7) is 6.34. The summed E-state index contributed by atoms with van der Waals surface area (Å²) in [5.41, 5.74) is 8.36. The van der Waals surface area contributed by atoms with E-state index in [4.69, 9.17) is 9.47 Å². The molecule has 0 radical (unpaired) electrons. The van der Waals surface area contributed by atoms with Gasteiger partial charge in [-0.3, -0.25) is 9.59 Å². The van der Waals surface area contributed by atoms with Crippen molar-refractivity contribution in [1.82, 2.24) is 15.3 Å². The van der Waals surface area contributed by atoms with Crippen LogP contribution in [-0.2, 0) is 16.0 Å². The van der Waals surface area contributed by atoms with Gasteiger partial charge in [0, 0.05) is 29.2 Å². The summed E-state index contributed by atoms with van der Waals surface area (Å²) in [5, 5.41) is 6.56. The summed E-state index contributed by atoms with van der Waals surface area (Å²) in [6, 6.07) is 15.7. The molecule has 1 heterocycles. The number of hydrogen-bond donors (Lipinski definition) is 2. The van der Waals surface area contributed by atoms with E-state index < -0.39 is 11.8 Å². The van der Waals surface area contributed by atoms with Crippen molar-refractivity contribution in [2.45, 2.75) is 27.2 Å². The summed E-state index contributed by atoms with van der Waals surface area (Å²) in [6.07, 6.45) is 2.08. The number of carbonyl (C=O) groups excluding carboxylic acids is 2. The van der Waals surface area contributed by atoms with Gasteiger partial charge in [-0.1, -0.05) is 18.2 Å². The van der Waals surface area contributed by atoms with Crippen molar-refractivity contribution in [1.29, 1.82) is 0 Å². The third kappa shape index (κ3) is 5.83. The van der Waals surface area contributed by atoms with Gasteiger partial charge in [-0.15, -0.1) is 0 Å². The predicted molar refractivity (Wildman–Crippen MR) is 132 cm³/mol. The zero-order chi connectivity index (χ0) is 24.7. The van der Waals surface area contributed by atoms with Gasteiger partial charge in [0.15, 0.2) is 11.5 Å². The highest BCUT2D eigenvalue weighted by molar-refractivity contribution is 6.35. The van der Waals surface area contributed by atoms with Crippen molar-refractivity contribution in [2.75, 3.05) is 20.8 Å². The largest absolute Gasteiger partial charge is 0.493 e. The summed E-state index contributed by atoms with van der Waals surface area (Å²) in [5.74, 6) is -0.328. The van der Waals surface area contributed by atoms with Crippen LogP contribution in [0.4, 0.5) is 0 Å². The van der Waals surface area contributed by atoms with E-state index in [1.165, 1.54) is 5.56 Å². The Balaban J connectivity index is 1.54. The number of methoxy groups -OCH3 is 2. The summed E-state index contributed by atoms with van der Waals surface area (Å²) < 4.78 is 12.6. The Kier molecular flexibility index (Phi) is 8.08. The zero-order valence-corrected chi connectivity index (χ0v) is 20.1. The highest BCUT2D eigenvalue weighted by Gasteiger charge is 2.13. The van der Waals surface area contributed by atoms with Crippen LogP contribution >= 0.6 is 0 Å². The van der Waals surface area contributed by atoms with Gasteiger partial charge in [0.05, 0.1) is 20.4 Å². The Bertz CT molecular complexity index is 1210. The third-order valence-corrected chi connectivity index (χ3v) is 5.45. The molecule has 8 heteroatoms. The van der Waals surface area contributed by atoms with Gasteiger partial charge in [0.25, 0.3) is 0 Å². The number of aryl methyl sites for hydroxylation is 2. The van der Waals surface area contributed by atoms with Crippen LogP contribution < -0.4 is 20.2 Å². The van der Waals surface area contributed by atoms with E-state index in [0.717, 1.165) is 28.2 Å². The first kappa shape index (κ1) is 24.6. The number of amides is 2. The fraction of sp³-hybridized carbons (Fsp3) is 0.269. The Labute approximate surface area is 199 Å². The van der Waals surface area contributed by atoms with Crippen molar-refractivity contribution in [3.63, 3.8) is 0 Å². The van der Waals surface area contributed by atoms with Crippen LogP contribution in [0, 0.1) is 20.8 Å². The summed E-state index contributed by atoms with van der Waals surface area (Å²) in [7, 11) is 3.13. The number of aromatic nitrogens is 1. The second-order valence-electron chi connectivity index (χ2n) is 7.90. The van der Waals surface area contributed by atoms with E-state index in [-0.39, 0.29) is 0 Å². The Hall–Kier alpha value is -4.07. The molecule has 0 aliphatic carbocycles. The molecule has 0 spiro atoms. The SMILES string of the molecule is COc1ccc(CCNC(=O)C(=O)N/N=C\c2cc(C)n(-c3cccc(C)c3)c2C)cc1OC. The molecule has 2 aromatic carbocycles. The molecule has 0 unspecified atom stereocenters. The monoisotopic (exact) mass is 462 g/mol. The van der Waals surface area contributed by atoms with Crippen molar-refractivity contribution in [3.05, 3.63) is 76.6 Å². The van der Waals surface area contributed by atoms with E-state index in [0.29, 0.717) is 24.5 Å². The number of ether oxygens (including phenoxy) is 2. The van der Waals surface area contributed by atoms with Crippen LogP contribution in [0.2, 0.25) is 0 Å². The van der Waals surface area contributed by atoms with Crippen LogP contribution in [0.15, 0.2) is 53.6 Å². The van der Waals surface area contributed by atoms with Crippen LogP contribution in [-0.4, -0.2) is 43.4 Å². The van der Waals surface area contributed by atoms with E-state index in [2.05, 4.69) is 39.5 Å². The maximum Gasteiger partial charge on any atom is 0.329 e. The minimum atomic E-state index is -0.823. The predicted octanol–water partition coefficient (Wildman–Crippen LogP) is 3.23. The molecule has 178 valence electrons. The number of nitrogens with zero attached hydrogens (tertiary/aromatic N) is 2. The fourth-order valence-corrected chi connectivity index (χ4v) is 3.73. The lowest BCUT2D eigenvalue weighted by Crippen LogP contribution is -2.38. The Morgan fingerprint density at radius 2 is 1.74 bits per heavy atom. The number of hydrogen-bond acceptors (Lipinski definition) is 5. The molecule has 3 aromatic rings. The molecular weight excluding hydrogens is 432 g/mol. The number of benzene rings is 2. The second-order valence-corrected chi connectivity index (χ2v) is 7.90. The molecule has 0 aliphatic heterocycles. The molecule has 0 atom stereocenters. The lowest BCUT2D eigenvalue weighted by molar-refractivity contribution is -0.139. The van der Waals surface area contributed by atoms with Gasteiger partial charge in [0.2, 0.25) is 0 Å². The van der Waals surface area contributed by atoms with Crippen molar-refractivity contribution < 1.29 is 19.1 Å². The van der Waals surface area contributed by atoms with E-state index in [1.54, 1.807) is 26.5 Å². The lowest BCUT2D eigenvalue weighted by Gasteiger charge is -2.10. The van der Waals surface area contributed by atoms with Gasteiger partial charge in [-0.2, -0.15) is 5.10 Å². The summed E-state index contributed by atoms with van der Waals surface area (Å²) >= 11 is 0. The van der Waals surface area contributed by atoms with Gasteiger partial charge >= 0.3 is 11.8 Å². The van der Waals surface area contributed by atoms with Crippen molar-refractivity contribution in [3.8, 4) is 17.2 Å². The number of carbonyl (C=O) groups is 2. The van der Waals surface area contributed by atoms with E-state index in [1.807, 2.05) is 44.2 Å². The van der Waals surface area contributed by atoms with Crippen molar-refractivity contribution >= 4 is 18.0 Å². The molecule has 2 N–H and O–H groups in total. The van der Waals surface area contributed by atoms with Crippen molar-refractivity contribution in [2.24, 2.45) is 5.10 Å². The normalized spacial score (nSPS) is 10.9. The van der Waals surface area contributed by atoms with Crippen LogP contribution in [0.5, 0.6) is 11.5 Å². The number of rotatable bonds is 8. The average Bonchev–Trinajstić information content (AvgIpc) is 3.11. The molecule has 0 bridgehead atoms. The van der Waals surface area contributed by atoms with E-state index >= 15 is 0 Å². The van der Waals surface area contributed by atoms with Gasteiger partial charge in [-0.25, -0.2) is 5.43 Å². The Morgan fingerprint density at radius 3 is 2.44 bits per heavy atom. The molecule has 0 aliphatic rings. The topological polar surface area (TPSA) is 94.0 Å². The third-order valence-electron chi connectivity index (χ3n) is 5.45. The van der Waals surface area contributed by atoms with Crippen LogP contribution in [0.1, 0.15) is 28.1 Å². The molecule has 8 nitrogen and oxygen atoms in total. The molecule has 0 saturated heterocycles. The minimum absolute atomic E-state index is 0.295. The maximum atomic E-state index is 12.1. The molecule has 2 amide bonds. The smallest absolute Gasteiger partial charge is 0.329 e. The highest BCUT2D eigenvalue weighted by Crippen LogP contribution is 2.27. The zero-order valence-electron chi connectivity index (χ0n) is 20.1. The molecular formula is C26H30N4O4. The van der Waals surface area contributed by atoms with Crippen LogP contribution in [0.3, 0.4) is 0 Å². The first-order valence-electron chi connectivity index (χ1n) is 10.9. The highest BCUT2D eigenvalue weighted by atomic mass is 16.5. The molecule has 0 saturated carbocycles. The summed E-state index contributed by atoms with van der Waals surface area (Å²) in [4.78, 5) is 24.2. The van der Waals surface area contributed by atoms with Gasteiger partial charge < -0.3 is 19.4 Å².